The second-order valence-electron chi connectivity index (χ2n) is 2.46. The van der Waals surface area contributed by atoms with E-state index in [0.717, 1.165) is 12.8 Å². The first-order valence-electron chi connectivity index (χ1n) is 3.91. The van der Waals surface area contributed by atoms with Crippen LogP contribution in [-0.2, 0) is 6.42 Å². The van der Waals surface area contributed by atoms with Gasteiger partial charge in [0.1, 0.15) is 0 Å². The van der Waals surface area contributed by atoms with E-state index in [2.05, 4.69) is 8.81 Å². The van der Waals surface area contributed by atoms with Crippen molar-refractivity contribution in [3.63, 3.8) is 0 Å². The average molecular weight is 248 g/mol. The van der Waals surface area contributed by atoms with Crippen molar-refractivity contribution in [3.05, 3.63) is 24.0 Å². The van der Waals surface area contributed by atoms with Crippen LogP contribution in [0.25, 0.3) is 0 Å². The van der Waals surface area contributed by atoms with Gasteiger partial charge in [0, 0.05) is 6.20 Å². The Morgan fingerprint density at radius 3 is 2.92 bits per heavy atom. The van der Waals surface area contributed by atoms with Crippen molar-refractivity contribution < 1.29 is 27.0 Å². The summed E-state index contributed by atoms with van der Waals surface area (Å²) in [6.07, 6.45) is 3.26. The molecular weight excluding hydrogens is 238 g/mol. The molecule has 1 heterocycles. The van der Waals surface area contributed by atoms with E-state index >= 15 is 0 Å². The maximum absolute atomic E-state index is 10.4. The lowest BCUT2D eigenvalue weighted by atomic mass is 10.2. The summed E-state index contributed by atoms with van der Waals surface area (Å²) < 4.78 is 25.3. The lowest BCUT2D eigenvalue weighted by Gasteiger charge is -2.00. The van der Waals surface area contributed by atoms with Gasteiger partial charge in [0.25, 0.3) is 5.75 Å². The molecule has 0 aromatic carbocycles. The largest absolute Gasteiger partial charge is 0.501 e. The Kier molecular flexibility index (Phi) is 4.14. The summed E-state index contributed by atoms with van der Waals surface area (Å²) in [6, 6.07) is 3.26. The minimum absolute atomic E-state index is 0.351. The van der Waals surface area contributed by atoms with Crippen LogP contribution in [0.2, 0.25) is 0 Å². The van der Waals surface area contributed by atoms with Gasteiger partial charge >= 0.3 is 14.8 Å². The fraction of sp³-hybridized carbons (Fsp3) is 0.375. The first kappa shape index (κ1) is 10.4. The summed E-state index contributed by atoms with van der Waals surface area (Å²) in [5.74, 6) is 0.351. The molecule has 0 saturated carbocycles. The molecule has 1 aromatic heterocycles. The predicted octanol–water partition coefficient (Wildman–Crippen LogP) is -0.501. The maximum Gasteiger partial charge on any atom is 0.501 e. The quantitative estimate of drug-likeness (QED) is 0.720. The SMILES string of the molecule is CCCc1ncccc1O[Br+2]([O-])[O-]. The topological polar surface area (TPSA) is 68.2 Å². The van der Waals surface area contributed by atoms with Crippen LogP contribution in [0.3, 0.4) is 0 Å². The number of pyridine rings is 1. The molecule has 1 rings (SSSR count). The second-order valence-corrected chi connectivity index (χ2v) is 3.58. The first-order valence-corrected chi connectivity index (χ1v) is 5.86. The lowest BCUT2D eigenvalue weighted by molar-refractivity contribution is -1.62. The van der Waals surface area contributed by atoms with Gasteiger partial charge in [-0.05, 0) is 18.6 Å². The third kappa shape index (κ3) is 3.30. The smallest absolute Gasteiger partial charge is 0.361 e. The fourth-order valence-corrected chi connectivity index (χ4v) is 1.57. The fourth-order valence-electron chi connectivity index (χ4n) is 0.986. The summed E-state index contributed by atoms with van der Waals surface area (Å²) >= 11 is -3.19. The maximum atomic E-state index is 10.4. The molecule has 0 spiro atoms. The van der Waals surface area contributed by atoms with Gasteiger partial charge in [0.05, 0.1) is 5.69 Å². The van der Waals surface area contributed by atoms with E-state index in [9.17, 15) is 8.40 Å². The molecule has 0 aliphatic rings. The van der Waals surface area contributed by atoms with Crippen molar-refractivity contribution in [1.82, 2.24) is 4.98 Å². The van der Waals surface area contributed by atoms with Gasteiger partial charge in [-0.1, -0.05) is 13.3 Å². The van der Waals surface area contributed by atoms with Crippen LogP contribution in [0.5, 0.6) is 5.75 Å². The molecule has 0 N–H and O–H groups in total. The zero-order valence-corrected chi connectivity index (χ0v) is 8.78. The Morgan fingerprint density at radius 2 is 2.31 bits per heavy atom. The summed E-state index contributed by atoms with van der Waals surface area (Å²) in [5.41, 5.74) is 0.694. The Hall–Kier alpha value is -0.650. The molecule has 0 unspecified atom stereocenters. The highest BCUT2D eigenvalue weighted by molar-refractivity contribution is 5.25. The van der Waals surface area contributed by atoms with Crippen LogP contribution >= 0.6 is 0 Å². The zero-order chi connectivity index (χ0) is 9.68. The monoisotopic (exact) mass is 247 g/mol. The molecule has 0 aliphatic heterocycles. The molecule has 5 heteroatoms. The van der Waals surface area contributed by atoms with Crippen molar-refractivity contribution in [2.75, 3.05) is 0 Å². The Balaban J connectivity index is 2.78. The Bertz CT molecular complexity index is 267. The van der Waals surface area contributed by atoms with E-state index in [1.165, 1.54) is 0 Å². The highest BCUT2D eigenvalue weighted by Crippen LogP contribution is 2.17. The van der Waals surface area contributed by atoms with Gasteiger partial charge in [-0.3, -0.25) is 4.98 Å². The molecule has 0 aliphatic carbocycles. The molecule has 72 valence electrons. The molecular formula is C8H10BrNO3. The summed E-state index contributed by atoms with van der Waals surface area (Å²) in [5, 5.41) is 0. The minimum Gasteiger partial charge on any atom is -0.361 e. The highest BCUT2D eigenvalue weighted by atomic mass is 80.0. The standard InChI is InChI=1S/C8H10BrNO3/c1-2-4-7-8(13-9(11)12)5-3-6-10-7/h3,5-6H,2,4H2,1H3. The Morgan fingerprint density at radius 1 is 1.54 bits per heavy atom. The summed E-state index contributed by atoms with van der Waals surface area (Å²) in [4.78, 5) is 4.04. The number of hydrogen-bond acceptors (Lipinski definition) is 4. The third-order valence-electron chi connectivity index (χ3n) is 1.48. The molecule has 0 radical (unpaired) electrons. The predicted molar refractivity (Wildman–Crippen MR) is 38.9 cm³/mol. The van der Waals surface area contributed by atoms with E-state index in [-0.39, 0.29) is 0 Å². The number of halogens is 1. The average Bonchev–Trinajstić information content (AvgIpc) is 2.08. The number of rotatable bonds is 4. The molecule has 13 heavy (non-hydrogen) atoms. The van der Waals surface area contributed by atoms with Gasteiger partial charge in [0.2, 0.25) is 0 Å². The highest BCUT2D eigenvalue weighted by Gasteiger charge is 2.16. The number of aromatic nitrogens is 1. The van der Waals surface area contributed by atoms with Crippen LogP contribution in [-0.4, -0.2) is 4.98 Å². The van der Waals surface area contributed by atoms with E-state index in [1.807, 2.05) is 6.92 Å². The summed E-state index contributed by atoms with van der Waals surface area (Å²) in [6.45, 7) is 2.00. The molecule has 1 aromatic rings. The molecule has 0 atom stereocenters. The van der Waals surface area contributed by atoms with Crippen LogP contribution in [0.4, 0.5) is 0 Å². The van der Waals surface area contributed by atoms with Crippen molar-refractivity contribution >= 4 is 0 Å². The summed E-state index contributed by atoms with van der Waals surface area (Å²) in [7, 11) is 0. The van der Waals surface area contributed by atoms with Gasteiger partial charge < -0.3 is 8.40 Å². The molecule has 0 amide bonds. The van der Waals surface area contributed by atoms with Crippen molar-refractivity contribution in [2.24, 2.45) is 0 Å². The van der Waals surface area contributed by atoms with E-state index in [4.69, 9.17) is 0 Å². The normalized spacial score (nSPS) is 10.5. The lowest BCUT2D eigenvalue weighted by Crippen LogP contribution is -2.37. The van der Waals surface area contributed by atoms with Gasteiger partial charge in [0.15, 0.2) is 0 Å². The molecule has 0 fully saturated rings. The van der Waals surface area contributed by atoms with Crippen molar-refractivity contribution in [3.8, 4) is 5.75 Å². The second kappa shape index (κ2) is 5.16. The molecule has 0 bridgehead atoms. The van der Waals surface area contributed by atoms with Crippen LogP contribution in [0.1, 0.15) is 19.0 Å². The number of aryl methyl sites for hydroxylation is 1. The van der Waals surface area contributed by atoms with Crippen LogP contribution in [0, 0.1) is 14.8 Å². The molecule has 4 nitrogen and oxygen atoms in total. The molecule has 0 saturated heterocycles. The number of hydrogen-bond donors (Lipinski definition) is 0. The van der Waals surface area contributed by atoms with Crippen LogP contribution in [0.15, 0.2) is 18.3 Å². The van der Waals surface area contributed by atoms with Crippen molar-refractivity contribution in [2.45, 2.75) is 19.8 Å². The van der Waals surface area contributed by atoms with E-state index in [0.29, 0.717) is 11.4 Å². The first-order chi connectivity index (χ1) is 6.24. The minimum atomic E-state index is -3.19. The Labute approximate surface area is 82.0 Å². The van der Waals surface area contributed by atoms with E-state index < -0.39 is 14.8 Å². The number of nitrogens with zero attached hydrogens (tertiary/aromatic N) is 1. The van der Waals surface area contributed by atoms with Gasteiger partial charge in [-0.25, -0.2) is 0 Å². The zero-order valence-electron chi connectivity index (χ0n) is 7.20. The van der Waals surface area contributed by atoms with Gasteiger partial charge in [-0.2, -0.15) is 0 Å². The third-order valence-corrected chi connectivity index (χ3v) is 2.09. The van der Waals surface area contributed by atoms with Crippen molar-refractivity contribution in [1.29, 1.82) is 0 Å². The van der Waals surface area contributed by atoms with Gasteiger partial charge in [-0.15, -0.1) is 3.83 Å². The van der Waals surface area contributed by atoms with E-state index in [1.54, 1.807) is 18.3 Å². The van der Waals surface area contributed by atoms with Crippen LogP contribution < -0.4 is 12.2 Å².